The zero-order chi connectivity index (χ0) is 11.3. The quantitative estimate of drug-likeness (QED) is 0.711. The van der Waals surface area contributed by atoms with Crippen LogP contribution in [0, 0.1) is 5.92 Å². The van der Waals surface area contributed by atoms with E-state index in [0.717, 1.165) is 12.8 Å². The van der Waals surface area contributed by atoms with Gasteiger partial charge >= 0.3 is 5.97 Å². The summed E-state index contributed by atoms with van der Waals surface area (Å²) >= 11 is 0. The van der Waals surface area contributed by atoms with E-state index >= 15 is 0 Å². The topological polar surface area (TPSA) is 75.6 Å². The molecule has 1 heterocycles. The van der Waals surface area contributed by atoms with E-state index in [2.05, 4.69) is 5.32 Å². The largest absolute Gasteiger partial charge is 0.480 e. The molecule has 1 aliphatic rings. The number of ether oxygens (including phenoxy) is 1. The Bertz CT molecular complexity index is 236. The second kappa shape index (κ2) is 5.70. The minimum atomic E-state index is -0.961. The number of nitrogens with one attached hydrogen (secondary N) is 1. The third kappa shape index (κ3) is 4.29. The number of hydrogen-bond donors (Lipinski definition) is 2. The van der Waals surface area contributed by atoms with Crippen LogP contribution in [0.2, 0.25) is 0 Å². The summed E-state index contributed by atoms with van der Waals surface area (Å²) in [6.07, 6.45) is 2.25. The van der Waals surface area contributed by atoms with Crippen molar-refractivity contribution in [2.75, 3.05) is 13.2 Å². The number of carboxylic acids is 1. The second-order valence-corrected chi connectivity index (χ2v) is 3.88. The summed E-state index contributed by atoms with van der Waals surface area (Å²) in [6, 6.07) is -0.759. The van der Waals surface area contributed by atoms with Crippen molar-refractivity contribution < 1.29 is 19.4 Å². The molecule has 1 amide bonds. The molecule has 0 aromatic rings. The minimum Gasteiger partial charge on any atom is -0.480 e. The van der Waals surface area contributed by atoms with E-state index in [0.29, 0.717) is 25.6 Å². The van der Waals surface area contributed by atoms with Gasteiger partial charge in [0.15, 0.2) is 0 Å². The number of aliphatic carboxylic acids is 1. The molecular weight excluding hydrogens is 198 g/mol. The zero-order valence-electron chi connectivity index (χ0n) is 8.86. The molecule has 0 aliphatic carbocycles. The highest BCUT2D eigenvalue weighted by molar-refractivity contribution is 5.82. The smallest absolute Gasteiger partial charge is 0.326 e. The van der Waals surface area contributed by atoms with Gasteiger partial charge in [-0.15, -0.1) is 0 Å². The molecule has 5 nitrogen and oxygen atoms in total. The fourth-order valence-corrected chi connectivity index (χ4v) is 1.78. The maximum atomic E-state index is 10.9. The molecule has 1 atom stereocenters. The highest BCUT2D eigenvalue weighted by Gasteiger charge is 2.24. The number of carbonyl (C=O) groups excluding carboxylic acids is 1. The van der Waals surface area contributed by atoms with E-state index in [4.69, 9.17) is 9.84 Å². The van der Waals surface area contributed by atoms with Gasteiger partial charge in [0.25, 0.3) is 0 Å². The van der Waals surface area contributed by atoms with E-state index in [1.165, 1.54) is 6.92 Å². The zero-order valence-corrected chi connectivity index (χ0v) is 8.86. The highest BCUT2D eigenvalue weighted by atomic mass is 16.5. The van der Waals surface area contributed by atoms with E-state index < -0.39 is 12.0 Å². The maximum absolute atomic E-state index is 10.9. The molecule has 0 spiro atoms. The van der Waals surface area contributed by atoms with Gasteiger partial charge in [0, 0.05) is 20.1 Å². The van der Waals surface area contributed by atoms with Crippen molar-refractivity contribution in [1.29, 1.82) is 0 Å². The van der Waals surface area contributed by atoms with E-state index in [-0.39, 0.29) is 5.91 Å². The Labute approximate surface area is 88.8 Å². The molecule has 0 saturated carbocycles. The van der Waals surface area contributed by atoms with Crippen molar-refractivity contribution in [1.82, 2.24) is 5.32 Å². The van der Waals surface area contributed by atoms with Crippen LogP contribution in [0.15, 0.2) is 0 Å². The van der Waals surface area contributed by atoms with Crippen molar-refractivity contribution in [2.24, 2.45) is 5.92 Å². The molecule has 0 bridgehead atoms. The first-order chi connectivity index (χ1) is 7.09. The van der Waals surface area contributed by atoms with Crippen molar-refractivity contribution in [3.63, 3.8) is 0 Å². The normalized spacial score (nSPS) is 19.5. The Kier molecular flexibility index (Phi) is 4.55. The summed E-state index contributed by atoms with van der Waals surface area (Å²) in [5.74, 6) is -0.919. The second-order valence-electron chi connectivity index (χ2n) is 3.88. The van der Waals surface area contributed by atoms with Gasteiger partial charge in [-0.1, -0.05) is 0 Å². The Morgan fingerprint density at radius 3 is 2.53 bits per heavy atom. The monoisotopic (exact) mass is 215 g/mol. The molecule has 0 aromatic heterocycles. The first kappa shape index (κ1) is 12.0. The number of rotatable bonds is 4. The molecule has 1 aliphatic heterocycles. The van der Waals surface area contributed by atoms with Crippen LogP contribution < -0.4 is 5.32 Å². The van der Waals surface area contributed by atoms with E-state index in [1.807, 2.05) is 0 Å². The van der Waals surface area contributed by atoms with Crippen LogP contribution in [0.4, 0.5) is 0 Å². The summed E-state index contributed by atoms with van der Waals surface area (Å²) < 4.78 is 5.19. The lowest BCUT2D eigenvalue weighted by atomic mass is 9.92. The summed E-state index contributed by atoms with van der Waals surface area (Å²) in [4.78, 5) is 21.7. The molecule has 0 radical (unpaired) electrons. The van der Waals surface area contributed by atoms with Crippen LogP contribution in [-0.4, -0.2) is 36.2 Å². The molecule has 1 fully saturated rings. The summed E-state index contributed by atoms with van der Waals surface area (Å²) in [5, 5.41) is 11.4. The predicted octanol–water partition coefficient (Wildman–Crippen LogP) is 0.392. The summed E-state index contributed by atoms with van der Waals surface area (Å²) in [5.41, 5.74) is 0. The molecule has 2 N–H and O–H groups in total. The lowest BCUT2D eigenvalue weighted by Gasteiger charge is -2.24. The van der Waals surface area contributed by atoms with Crippen LogP contribution in [0.5, 0.6) is 0 Å². The van der Waals surface area contributed by atoms with Gasteiger partial charge < -0.3 is 15.2 Å². The Balaban J connectivity index is 2.42. The first-order valence-corrected chi connectivity index (χ1v) is 5.17. The maximum Gasteiger partial charge on any atom is 0.326 e. The third-order valence-electron chi connectivity index (χ3n) is 2.59. The molecule has 1 rings (SSSR count). The third-order valence-corrected chi connectivity index (χ3v) is 2.59. The molecular formula is C10H17NO4. The Hall–Kier alpha value is -1.10. The number of amides is 1. The molecule has 15 heavy (non-hydrogen) atoms. The predicted molar refractivity (Wildman–Crippen MR) is 53.4 cm³/mol. The Morgan fingerprint density at radius 1 is 1.47 bits per heavy atom. The van der Waals surface area contributed by atoms with Gasteiger partial charge in [-0.3, -0.25) is 4.79 Å². The van der Waals surface area contributed by atoms with Crippen LogP contribution in [0.1, 0.15) is 26.2 Å². The number of carbonyl (C=O) groups is 2. The Morgan fingerprint density at radius 2 is 2.07 bits per heavy atom. The van der Waals surface area contributed by atoms with Crippen LogP contribution in [-0.2, 0) is 14.3 Å². The van der Waals surface area contributed by atoms with E-state index in [1.54, 1.807) is 0 Å². The van der Waals surface area contributed by atoms with Crippen LogP contribution in [0.25, 0.3) is 0 Å². The molecule has 86 valence electrons. The van der Waals surface area contributed by atoms with Crippen LogP contribution in [0.3, 0.4) is 0 Å². The van der Waals surface area contributed by atoms with Crippen molar-refractivity contribution in [2.45, 2.75) is 32.2 Å². The fourth-order valence-electron chi connectivity index (χ4n) is 1.78. The van der Waals surface area contributed by atoms with Gasteiger partial charge in [0.05, 0.1) is 0 Å². The lowest BCUT2D eigenvalue weighted by Crippen LogP contribution is -2.41. The average molecular weight is 215 g/mol. The van der Waals surface area contributed by atoms with Crippen molar-refractivity contribution in [3.05, 3.63) is 0 Å². The van der Waals surface area contributed by atoms with Gasteiger partial charge in [-0.2, -0.15) is 0 Å². The minimum absolute atomic E-state index is 0.297. The van der Waals surface area contributed by atoms with Gasteiger partial charge in [0.1, 0.15) is 6.04 Å². The summed E-state index contributed by atoms with van der Waals surface area (Å²) in [7, 11) is 0. The van der Waals surface area contributed by atoms with Gasteiger partial charge in [-0.05, 0) is 25.2 Å². The lowest BCUT2D eigenvalue weighted by molar-refractivity contribution is -0.142. The molecule has 1 saturated heterocycles. The number of carboxylic acid groups (broad SMARTS) is 1. The molecule has 1 unspecified atom stereocenters. The standard InChI is InChI=1S/C10H17NO4/c1-7(12)11-9(10(13)14)6-8-2-4-15-5-3-8/h8-9H,2-6H2,1H3,(H,11,12)(H,13,14). The average Bonchev–Trinajstić information content (AvgIpc) is 2.17. The molecule has 0 aromatic carbocycles. The molecule has 5 heteroatoms. The fraction of sp³-hybridized carbons (Fsp3) is 0.800. The summed E-state index contributed by atoms with van der Waals surface area (Å²) in [6.45, 7) is 2.72. The van der Waals surface area contributed by atoms with Crippen molar-refractivity contribution >= 4 is 11.9 Å². The first-order valence-electron chi connectivity index (χ1n) is 5.17. The highest BCUT2D eigenvalue weighted by Crippen LogP contribution is 2.20. The van der Waals surface area contributed by atoms with E-state index in [9.17, 15) is 9.59 Å². The number of hydrogen-bond acceptors (Lipinski definition) is 3. The van der Waals surface area contributed by atoms with Crippen LogP contribution >= 0.6 is 0 Å². The SMILES string of the molecule is CC(=O)NC(CC1CCOCC1)C(=O)O. The van der Waals surface area contributed by atoms with Gasteiger partial charge in [0.2, 0.25) is 5.91 Å². The van der Waals surface area contributed by atoms with Crippen molar-refractivity contribution in [3.8, 4) is 0 Å². The van der Waals surface area contributed by atoms with Gasteiger partial charge in [-0.25, -0.2) is 4.79 Å².